The highest BCUT2D eigenvalue weighted by molar-refractivity contribution is 7.16. The van der Waals surface area contributed by atoms with Crippen molar-refractivity contribution in [1.82, 2.24) is 5.32 Å². The number of hydrogen-bond donors (Lipinski definition) is 2. The Bertz CT molecular complexity index is 501. The largest absolute Gasteiger partial charge is 0.388 e. The number of thiophene rings is 1. The first-order valence-electron chi connectivity index (χ1n) is 6.16. The lowest BCUT2D eigenvalue weighted by atomic mass is 10.1. The van der Waals surface area contributed by atoms with Crippen LogP contribution in [0.5, 0.6) is 0 Å². The number of amides is 1. The van der Waals surface area contributed by atoms with E-state index in [0.29, 0.717) is 16.4 Å². The zero-order valence-corrected chi connectivity index (χ0v) is 12.7. The maximum Gasteiger partial charge on any atom is 0.304 e. The third kappa shape index (κ3) is 3.67. The lowest BCUT2D eigenvalue weighted by Crippen LogP contribution is -2.34. The molecule has 0 bridgehead atoms. The van der Waals surface area contributed by atoms with Gasteiger partial charge in [0.05, 0.1) is 16.9 Å². The van der Waals surface area contributed by atoms with Crippen molar-refractivity contribution < 1.29 is 14.8 Å². The molecule has 0 aliphatic rings. The van der Waals surface area contributed by atoms with Crippen molar-refractivity contribution in [2.45, 2.75) is 20.0 Å². The second-order valence-corrected chi connectivity index (χ2v) is 5.73. The summed E-state index contributed by atoms with van der Waals surface area (Å²) in [6.07, 6.45) is -0.753. The van der Waals surface area contributed by atoms with Gasteiger partial charge in [0, 0.05) is 31.6 Å². The van der Waals surface area contributed by atoms with Crippen LogP contribution in [0.3, 0.4) is 0 Å². The lowest BCUT2D eigenvalue weighted by molar-refractivity contribution is -0.383. The van der Waals surface area contributed by atoms with Crippen LogP contribution in [0.1, 0.15) is 24.8 Å². The van der Waals surface area contributed by atoms with E-state index >= 15 is 0 Å². The van der Waals surface area contributed by atoms with Crippen LogP contribution in [0.25, 0.3) is 0 Å². The first kappa shape index (κ1) is 16.4. The van der Waals surface area contributed by atoms with Crippen LogP contribution >= 0.6 is 11.3 Å². The molecular formula is C12H19N3O4S. The molecule has 1 aromatic heterocycles. The second-order valence-electron chi connectivity index (χ2n) is 4.67. The molecule has 1 heterocycles. The zero-order valence-electron chi connectivity index (χ0n) is 11.9. The quantitative estimate of drug-likeness (QED) is 0.613. The minimum absolute atomic E-state index is 0.0440. The van der Waals surface area contributed by atoms with Crippen molar-refractivity contribution >= 4 is 27.9 Å². The maximum absolute atomic E-state index is 11.5. The molecule has 0 saturated heterocycles. The van der Waals surface area contributed by atoms with Gasteiger partial charge in [-0.2, -0.15) is 0 Å². The standard InChI is InChI=1S/C12H19N3O4S/c1-7(11(17)13-3)6-14(4)12-9(15(18)19)5-10(20-12)8(2)16/h5,7-8,16H,6H2,1-4H3,(H,13,17)/t7?,8-/m0/s1. The molecule has 0 spiro atoms. The topological polar surface area (TPSA) is 95.7 Å². The highest BCUT2D eigenvalue weighted by atomic mass is 32.1. The predicted octanol–water partition coefficient (Wildman–Crippen LogP) is 1.53. The molecule has 1 aromatic rings. The van der Waals surface area contributed by atoms with E-state index in [0.717, 1.165) is 0 Å². The van der Waals surface area contributed by atoms with Crippen molar-refractivity contribution in [2.75, 3.05) is 25.5 Å². The van der Waals surface area contributed by atoms with E-state index in [-0.39, 0.29) is 17.5 Å². The van der Waals surface area contributed by atoms with Gasteiger partial charge in [-0.1, -0.05) is 6.92 Å². The minimum Gasteiger partial charge on any atom is -0.388 e. The summed E-state index contributed by atoms with van der Waals surface area (Å²) in [7, 11) is 3.25. The summed E-state index contributed by atoms with van der Waals surface area (Å²) >= 11 is 1.17. The van der Waals surface area contributed by atoms with E-state index in [1.807, 2.05) is 0 Å². The van der Waals surface area contributed by atoms with E-state index in [4.69, 9.17) is 0 Å². The van der Waals surface area contributed by atoms with Crippen LogP contribution in [0.2, 0.25) is 0 Å². The lowest BCUT2D eigenvalue weighted by Gasteiger charge is -2.20. The third-order valence-electron chi connectivity index (χ3n) is 2.91. The normalized spacial score (nSPS) is 13.7. The van der Waals surface area contributed by atoms with E-state index in [1.165, 1.54) is 17.4 Å². The molecule has 112 valence electrons. The third-order valence-corrected chi connectivity index (χ3v) is 4.32. The summed E-state index contributed by atoms with van der Waals surface area (Å²) in [6.45, 7) is 3.68. The van der Waals surface area contributed by atoms with Gasteiger partial charge >= 0.3 is 5.69 Å². The molecule has 2 N–H and O–H groups in total. The highest BCUT2D eigenvalue weighted by Gasteiger charge is 2.25. The number of carbonyl (C=O) groups is 1. The summed E-state index contributed by atoms with van der Waals surface area (Å²) < 4.78 is 0. The summed E-state index contributed by atoms with van der Waals surface area (Å²) in [5.74, 6) is -0.409. The number of nitrogens with one attached hydrogen (secondary N) is 1. The Kier molecular flexibility index (Phi) is 5.46. The molecule has 20 heavy (non-hydrogen) atoms. The van der Waals surface area contributed by atoms with Crippen molar-refractivity contribution in [3.8, 4) is 0 Å². The average molecular weight is 301 g/mol. The SMILES string of the molecule is CNC(=O)C(C)CN(C)c1sc([C@H](C)O)cc1[N+](=O)[O-]. The number of hydrogen-bond acceptors (Lipinski definition) is 6. The number of nitrogens with zero attached hydrogens (tertiary/aromatic N) is 2. The molecule has 0 aromatic carbocycles. The first-order chi connectivity index (χ1) is 9.27. The second kappa shape index (κ2) is 6.67. The number of anilines is 1. The summed E-state index contributed by atoms with van der Waals surface area (Å²) in [6, 6.07) is 1.38. The van der Waals surface area contributed by atoms with Crippen LogP contribution in [-0.4, -0.2) is 36.6 Å². The Morgan fingerprint density at radius 3 is 2.65 bits per heavy atom. The fourth-order valence-corrected chi connectivity index (χ4v) is 2.86. The Morgan fingerprint density at radius 2 is 2.20 bits per heavy atom. The molecule has 0 fully saturated rings. The summed E-state index contributed by atoms with van der Waals surface area (Å²) in [5, 5.41) is 23.6. The predicted molar refractivity (Wildman–Crippen MR) is 78.1 cm³/mol. The van der Waals surface area contributed by atoms with Crippen molar-refractivity contribution in [3.05, 3.63) is 21.1 Å². The van der Waals surface area contributed by atoms with E-state index < -0.39 is 11.0 Å². The molecular weight excluding hydrogens is 282 g/mol. The van der Waals surface area contributed by atoms with Gasteiger partial charge in [-0.3, -0.25) is 14.9 Å². The fourth-order valence-electron chi connectivity index (χ4n) is 1.82. The van der Waals surface area contributed by atoms with Gasteiger partial charge < -0.3 is 15.3 Å². The Labute approximate surface area is 121 Å². The van der Waals surface area contributed by atoms with E-state index in [9.17, 15) is 20.0 Å². The van der Waals surface area contributed by atoms with Gasteiger partial charge in [-0.25, -0.2) is 0 Å². The van der Waals surface area contributed by atoms with Crippen LogP contribution < -0.4 is 10.2 Å². The molecule has 2 atom stereocenters. The molecule has 0 aliphatic heterocycles. The molecule has 7 nitrogen and oxygen atoms in total. The van der Waals surface area contributed by atoms with Gasteiger partial charge in [0.15, 0.2) is 5.00 Å². The number of aliphatic hydroxyl groups is 1. The molecule has 1 unspecified atom stereocenters. The first-order valence-corrected chi connectivity index (χ1v) is 6.98. The number of nitro groups is 1. The highest BCUT2D eigenvalue weighted by Crippen LogP contribution is 2.39. The van der Waals surface area contributed by atoms with Gasteiger partial charge in [0.2, 0.25) is 5.91 Å². The van der Waals surface area contributed by atoms with Gasteiger partial charge in [-0.15, -0.1) is 11.3 Å². The smallest absolute Gasteiger partial charge is 0.304 e. The van der Waals surface area contributed by atoms with Crippen LogP contribution in [0, 0.1) is 16.0 Å². The van der Waals surface area contributed by atoms with Gasteiger partial charge in [0.25, 0.3) is 0 Å². The number of carbonyl (C=O) groups excluding carboxylic acids is 1. The van der Waals surface area contributed by atoms with E-state index in [2.05, 4.69) is 5.32 Å². The maximum atomic E-state index is 11.5. The molecule has 0 saturated carbocycles. The Morgan fingerprint density at radius 1 is 1.60 bits per heavy atom. The summed E-state index contributed by atoms with van der Waals surface area (Å²) in [4.78, 5) is 24.3. The van der Waals surface area contributed by atoms with Crippen LogP contribution in [0.15, 0.2) is 6.07 Å². The molecule has 8 heteroatoms. The van der Waals surface area contributed by atoms with E-state index in [1.54, 1.807) is 32.8 Å². The van der Waals surface area contributed by atoms with Crippen LogP contribution in [-0.2, 0) is 4.79 Å². The Hall–Kier alpha value is -1.67. The fraction of sp³-hybridized carbons (Fsp3) is 0.583. The van der Waals surface area contributed by atoms with Crippen molar-refractivity contribution in [1.29, 1.82) is 0 Å². The molecule has 1 amide bonds. The molecule has 1 rings (SSSR count). The minimum atomic E-state index is -0.753. The molecule has 0 aliphatic carbocycles. The van der Waals surface area contributed by atoms with Gasteiger partial charge in [0.1, 0.15) is 0 Å². The zero-order chi connectivity index (χ0) is 15.4. The number of aliphatic hydroxyl groups excluding tert-OH is 1. The van der Waals surface area contributed by atoms with Crippen LogP contribution in [0.4, 0.5) is 10.7 Å². The molecule has 0 radical (unpaired) electrons. The summed E-state index contributed by atoms with van der Waals surface area (Å²) in [5.41, 5.74) is -0.0440. The monoisotopic (exact) mass is 301 g/mol. The van der Waals surface area contributed by atoms with Crippen molar-refractivity contribution in [2.24, 2.45) is 5.92 Å². The average Bonchev–Trinajstić information content (AvgIpc) is 2.82. The Balaban J connectivity index is 2.99. The van der Waals surface area contributed by atoms with Crippen molar-refractivity contribution in [3.63, 3.8) is 0 Å². The number of rotatable bonds is 6. The van der Waals surface area contributed by atoms with Gasteiger partial charge in [-0.05, 0) is 6.92 Å².